The van der Waals surface area contributed by atoms with Gasteiger partial charge >= 0.3 is 5.97 Å². The minimum absolute atomic E-state index is 0.104. The Balaban J connectivity index is 1.60. The van der Waals surface area contributed by atoms with Crippen LogP contribution in [0.25, 0.3) is 0 Å². The topological polar surface area (TPSA) is 136 Å². The molecule has 0 aromatic heterocycles. The first-order valence-corrected chi connectivity index (χ1v) is 15.2. The van der Waals surface area contributed by atoms with Gasteiger partial charge in [0.15, 0.2) is 0 Å². The monoisotopic (exact) mass is 595 g/mol. The van der Waals surface area contributed by atoms with Crippen molar-refractivity contribution in [3.63, 3.8) is 0 Å². The number of carbonyl (C=O) groups excluding carboxylic acids is 1. The van der Waals surface area contributed by atoms with Gasteiger partial charge in [-0.15, -0.1) is 0 Å². The van der Waals surface area contributed by atoms with Gasteiger partial charge in [-0.3, -0.25) is 14.4 Å². The fourth-order valence-electron chi connectivity index (χ4n) is 4.87. The van der Waals surface area contributed by atoms with Crippen LogP contribution in [-0.2, 0) is 16.6 Å². The molecule has 3 N–H and O–H groups in total. The Labute approximate surface area is 246 Å². The third kappa shape index (κ3) is 7.28. The number of likely N-dealkylation sites (N-methyl/N-ethyl adjacent to an activating group) is 1. The Kier molecular flexibility index (Phi) is 9.55. The van der Waals surface area contributed by atoms with Gasteiger partial charge in [0, 0.05) is 31.2 Å². The van der Waals surface area contributed by atoms with Crippen LogP contribution in [-0.4, -0.2) is 79.2 Å². The second-order valence-corrected chi connectivity index (χ2v) is 12.6. The number of rotatable bonds is 10. The van der Waals surface area contributed by atoms with Gasteiger partial charge in [0.2, 0.25) is 0 Å². The molecule has 224 valence electrons. The fraction of sp³-hybridized carbons (Fsp3) is 0.355. The van der Waals surface area contributed by atoms with E-state index in [0.29, 0.717) is 25.4 Å². The number of aryl methyl sites for hydroxylation is 1. The molecule has 1 heterocycles. The molecule has 0 unspecified atom stereocenters. The molecule has 0 saturated heterocycles. The van der Waals surface area contributed by atoms with E-state index in [1.807, 2.05) is 20.9 Å². The van der Waals surface area contributed by atoms with Crippen molar-refractivity contribution in [2.75, 3.05) is 31.5 Å². The number of nitrogens with zero attached hydrogens (tertiary/aromatic N) is 2. The number of nitrogens with one attached hydrogen (secondary N) is 1. The lowest BCUT2D eigenvalue weighted by atomic mass is 9.99. The lowest BCUT2D eigenvalue weighted by Crippen LogP contribution is -2.49. The molecule has 0 bridgehead atoms. The number of aliphatic hydroxyl groups excluding tert-OH is 1. The van der Waals surface area contributed by atoms with Crippen molar-refractivity contribution in [1.29, 1.82) is 0 Å². The molecule has 1 amide bonds. The molecule has 3 atom stereocenters. The summed E-state index contributed by atoms with van der Waals surface area (Å²) in [6.45, 7) is 6.76. The van der Waals surface area contributed by atoms with Crippen LogP contribution in [0.15, 0.2) is 71.6 Å². The number of hydrogen-bond acceptors (Lipinski definition) is 7. The number of benzene rings is 3. The summed E-state index contributed by atoms with van der Waals surface area (Å²) in [5.41, 5.74) is 2.51. The lowest BCUT2D eigenvalue weighted by molar-refractivity contribution is 0.0341. The van der Waals surface area contributed by atoms with Crippen molar-refractivity contribution in [3.05, 3.63) is 89.0 Å². The quantitative estimate of drug-likeness (QED) is 0.322. The first kappa shape index (κ1) is 31.0. The Morgan fingerprint density at radius 1 is 1.12 bits per heavy atom. The Morgan fingerprint density at radius 3 is 2.40 bits per heavy atom. The van der Waals surface area contributed by atoms with E-state index < -0.39 is 22.0 Å². The van der Waals surface area contributed by atoms with Gasteiger partial charge in [0.25, 0.3) is 15.9 Å². The SMILES string of the molecule is Cc1ccc(S(=O)(=O)Nc2ccc3c(c2)C(=O)N([C@H](C)CO)C[C@H](C)[C@H](CN(C)Cc2ccc(C(=O)O)cc2)O3)cc1. The van der Waals surface area contributed by atoms with Gasteiger partial charge < -0.3 is 19.8 Å². The van der Waals surface area contributed by atoms with Gasteiger partial charge in [-0.25, -0.2) is 13.2 Å². The summed E-state index contributed by atoms with van der Waals surface area (Å²) in [5.74, 6) is -1.12. The zero-order valence-electron chi connectivity index (χ0n) is 24.1. The third-order valence-electron chi connectivity index (χ3n) is 7.39. The maximum atomic E-state index is 13.7. The van der Waals surface area contributed by atoms with Crippen molar-refractivity contribution in [2.24, 2.45) is 5.92 Å². The Hall–Kier alpha value is -3.93. The number of sulfonamides is 1. The maximum Gasteiger partial charge on any atom is 0.335 e. The van der Waals surface area contributed by atoms with Crippen LogP contribution in [0.5, 0.6) is 5.75 Å². The summed E-state index contributed by atoms with van der Waals surface area (Å²) in [5, 5.41) is 19.1. The van der Waals surface area contributed by atoms with E-state index >= 15 is 0 Å². The lowest BCUT2D eigenvalue weighted by Gasteiger charge is -2.38. The molecular weight excluding hydrogens is 558 g/mol. The van der Waals surface area contributed by atoms with E-state index in [2.05, 4.69) is 9.62 Å². The molecule has 11 heteroatoms. The average molecular weight is 596 g/mol. The van der Waals surface area contributed by atoms with E-state index in [9.17, 15) is 23.1 Å². The van der Waals surface area contributed by atoms with E-state index in [1.165, 1.54) is 18.2 Å². The number of hydrogen-bond donors (Lipinski definition) is 3. The minimum Gasteiger partial charge on any atom is -0.488 e. The minimum atomic E-state index is -3.89. The number of aromatic carboxylic acids is 1. The van der Waals surface area contributed by atoms with Gasteiger partial charge in [-0.05, 0) is 68.9 Å². The summed E-state index contributed by atoms with van der Waals surface area (Å²) in [4.78, 5) is 28.6. The zero-order valence-corrected chi connectivity index (χ0v) is 25.0. The predicted octanol–water partition coefficient (Wildman–Crippen LogP) is 3.85. The highest BCUT2D eigenvalue weighted by molar-refractivity contribution is 7.92. The van der Waals surface area contributed by atoms with Crippen molar-refractivity contribution < 1.29 is 33.0 Å². The summed E-state index contributed by atoms with van der Waals surface area (Å²) in [7, 11) is -1.96. The number of aliphatic hydroxyl groups is 1. The molecule has 3 aromatic carbocycles. The predicted molar refractivity (Wildman–Crippen MR) is 159 cm³/mol. The highest BCUT2D eigenvalue weighted by Crippen LogP contribution is 2.31. The van der Waals surface area contributed by atoms with Gasteiger partial charge in [0.05, 0.1) is 28.7 Å². The van der Waals surface area contributed by atoms with E-state index in [1.54, 1.807) is 60.4 Å². The molecule has 0 aliphatic carbocycles. The second kappa shape index (κ2) is 12.9. The van der Waals surface area contributed by atoms with Crippen LogP contribution in [0.2, 0.25) is 0 Å². The average Bonchev–Trinajstić information content (AvgIpc) is 2.95. The summed E-state index contributed by atoms with van der Waals surface area (Å²) in [6.07, 6.45) is -0.344. The molecule has 42 heavy (non-hydrogen) atoms. The summed E-state index contributed by atoms with van der Waals surface area (Å²) >= 11 is 0. The van der Waals surface area contributed by atoms with Crippen molar-refractivity contribution >= 4 is 27.6 Å². The summed E-state index contributed by atoms with van der Waals surface area (Å²) < 4.78 is 35.0. The number of anilines is 1. The van der Waals surface area contributed by atoms with Crippen molar-refractivity contribution in [3.8, 4) is 5.75 Å². The molecule has 0 radical (unpaired) electrons. The first-order chi connectivity index (χ1) is 19.9. The zero-order chi connectivity index (χ0) is 30.6. The number of carbonyl (C=O) groups is 2. The highest BCUT2D eigenvalue weighted by Gasteiger charge is 2.33. The van der Waals surface area contributed by atoms with E-state index in [4.69, 9.17) is 9.84 Å². The molecular formula is C31H37N3O7S. The van der Waals surface area contributed by atoms with Crippen LogP contribution < -0.4 is 9.46 Å². The number of carboxylic acids is 1. The van der Waals surface area contributed by atoms with Crippen LogP contribution in [0.4, 0.5) is 5.69 Å². The number of ether oxygens (including phenoxy) is 1. The molecule has 0 saturated carbocycles. The van der Waals surface area contributed by atoms with Gasteiger partial charge in [-0.2, -0.15) is 0 Å². The maximum absolute atomic E-state index is 13.7. The van der Waals surface area contributed by atoms with Crippen molar-refractivity contribution in [1.82, 2.24) is 9.80 Å². The first-order valence-electron chi connectivity index (χ1n) is 13.7. The molecule has 1 aliphatic rings. The standard InChI is InChI=1S/C31H37N3O7S/c1-20-5-12-26(13-6-20)42(39,40)32-25-11-14-28-27(15-25)30(36)34(22(3)19-35)16-21(2)29(41-28)18-33(4)17-23-7-9-24(10-8-23)31(37)38/h5-15,21-22,29,32,35H,16-19H2,1-4H3,(H,37,38)/t21-,22+,29-/m0/s1. The normalized spacial score (nSPS) is 18.0. The van der Waals surface area contributed by atoms with Crippen LogP contribution in [0.3, 0.4) is 0 Å². The highest BCUT2D eigenvalue weighted by atomic mass is 32.2. The van der Waals surface area contributed by atoms with E-state index in [0.717, 1.165) is 11.1 Å². The van der Waals surface area contributed by atoms with E-state index in [-0.39, 0.29) is 46.2 Å². The number of amides is 1. The molecule has 4 rings (SSSR count). The van der Waals surface area contributed by atoms with Crippen molar-refractivity contribution in [2.45, 2.75) is 44.4 Å². The molecule has 0 fully saturated rings. The molecule has 1 aliphatic heterocycles. The second-order valence-electron chi connectivity index (χ2n) is 11.0. The fourth-order valence-corrected chi connectivity index (χ4v) is 5.92. The van der Waals surface area contributed by atoms with Crippen LogP contribution in [0.1, 0.15) is 45.7 Å². The molecule has 0 spiro atoms. The summed E-state index contributed by atoms with van der Waals surface area (Å²) in [6, 6.07) is 17.3. The molecule has 10 nitrogen and oxygen atoms in total. The van der Waals surface area contributed by atoms with Crippen LogP contribution >= 0.6 is 0 Å². The van der Waals surface area contributed by atoms with Gasteiger partial charge in [-0.1, -0.05) is 36.8 Å². The largest absolute Gasteiger partial charge is 0.488 e. The van der Waals surface area contributed by atoms with Crippen LogP contribution in [0, 0.1) is 12.8 Å². The van der Waals surface area contributed by atoms with Gasteiger partial charge in [0.1, 0.15) is 11.9 Å². The number of fused-ring (bicyclic) bond motifs is 1. The Bertz CT molecular complexity index is 1530. The molecule has 3 aromatic rings. The third-order valence-corrected chi connectivity index (χ3v) is 8.79. The number of carboxylic acid groups (broad SMARTS) is 1. The Morgan fingerprint density at radius 2 is 1.79 bits per heavy atom. The smallest absolute Gasteiger partial charge is 0.335 e.